The Morgan fingerprint density at radius 2 is 1.89 bits per heavy atom. The van der Waals surface area contributed by atoms with Gasteiger partial charge < -0.3 is 24.4 Å². The predicted molar refractivity (Wildman–Crippen MR) is 104 cm³/mol. The molecule has 154 valence electrons. The van der Waals surface area contributed by atoms with E-state index in [9.17, 15) is 9.59 Å². The molecule has 2 heterocycles. The average Bonchev–Trinajstić information content (AvgIpc) is 3.01. The lowest BCUT2D eigenvalue weighted by molar-refractivity contribution is -0.0423. The van der Waals surface area contributed by atoms with Gasteiger partial charge in [-0.3, -0.25) is 0 Å². The molecule has 2 fully saturated rings. The minimum atomic E-state index is -0.521. The molecule has 1 aromatic rings. The maximum Gasteiger partial charge on any atom is 0.410 e. The van der Waals surface area contributed by atoms with Gasteiger partial charge >= 0.3 is 12.2 Å². The molecule has 3 rings (SSSR count). The molecule has 2 amide bonds. The summed E-state index contributed by atoms with van der Waals surface area (Å²) >= 11 is 0. The van der Waals surface area contributed by atoms with Crippen LogP contribution in [-0.2, 0) is 20.8 Å². The van der Waals surface area contributed by atoms with Gasteiger partial charge in [0.05, 0.1) is 18.2 Å². The van der Waals surface area contributed by atoms with E-state index in [1.54, 1.807) is 4.90 Å². The first kappa shape index (κ1) is 20.5. The lowest BCUT2D eigenvalue weighted by Crippen LogP contribution is -2.47. The highest BCUT2D eigenvalue weighted by Gasteiger charge is 2.44. The fourth-order valence-electron chi connectivity index (χ4n) is 3.67. The predicted octanol–water partition coefficient (Wildman–Crippen LogP) is 3.47. The number of alkyl carbamates (subject to hydrolysis) is 1. The van der Waals surface area contributed by atoms with Crippen molar-refractivity contribution in [3.8, 4) is 0 Å². The van der Waals surface area contributed by atoms with Crippen molar-refractivity contribution in [3.63, 3.8) is 0 Å². The molecule has 1 atom stereocenters. The summed E-state index contributed by atoms with van der Waals surface area (Å²) in [5.41, 5.74) is 0.169. The van der Waals surface area contributed by atoms with Crippen LogP contribution in [0.5, 0.6) is 0 Å². The SMILES string of the molecule is CC(C)(C)OC(=O)N[C@@H]1COC2(CCN(C(=O)OCc3ccccc3)CC2)C1. The van der Waals surface area contributed by atoms with Gasteiger partial charge in [-0.25, -0.2) is 9.59 Å². The highest BCUT2D eigenvalue weighted by atomic mass is 16.6. The van der Waals surface area contributed by atoms with Crippen LogP contribution >= 0.6 is 0 Å². The Morgan fingerprint density at radius 1 is 1.21 bits per heavy atom. The Hall–Kier alpha value is -2.28. The standard InChI is InChI=1S/C21H30N2O5/c1-20(2,3)28-18(24)22-17-13-21(27-15-17)9-11-23(12-10-21)19(25)26-14-16-7-5-4-6-8-16/h4-8,17H,9-15H2,1-3H3,(H,22,24)/t17-/m0/s1. The van der Waals surface area contributed by atoms with Crippen molar-refractivity contribution in [3.05, 3.63) is 35.9 Å². The molecule has 7 heteroatoms. The zero-order chi connectivity index (χ0) is 20.2. The number of hydrogen-bond donors (Lipinski definition) is 1. The van der Waals surface area contributed by atoms with Crippen LogP contribution in [0.15, 0.2) is 30.3 Å². The quantitative estimate of drug-likeness (QED) is 0.855. The molecule has 28 heavy (non-hydrogen) atoms. The van der Waals surface area contributed by atoms with E-state index in [4.69, 9.17) is 14.2 Å². The number of rotatable bonds is 3. The van der Waals surface area contributed by atoms with E-state index in [2.05, 4.69) is 5.32 Å². The van der Waals surface area contributed by atoms with E-state index in [0.29, 0.717) is 19.7 Å². The molecule has 1 aromatic carbocycles. The third kappa shape index (κ3) is 5.61. The molecule has 0 saturated carbocycles. The lowest BCUT2D eigenvalue weighted by Gasteiger charge is -2.38. The van der Waals surface area contributed by atoms with Crippen LogP contribution in [0.4, 0.5) is 9.59 Å². The second-order valence-electron chi connectivity index (χ2n) is 8.57. The van der Waals surface area contributed by atoms with E-state index >= 15 is 0 Å². The minimum Gasteiger partial charge on any atom is -0.445 e. The van der Waals surface area contributed by atoms with E-state index in [1.165, 1.54) is 0 Å². The normalized spacial score (nSPS) is 21.4. The van der Waals surface area contributed by atoms with Crippen molar-refractivity contribution in [2.75, 3.05) is 19.7 Å². The summed E-state index contributed by atoms with van der Waals surface area (Å²) in [4.78, 5) is 26.0. The third-order valence-electron chi connectivity index (χ3n) is 5.07. The van der Waals surface area contributed by atoms with Gasteiger partial charge in [0.1, 0.15) is 12.2 Å². The Morgan fingerprint density at radius 3 is 2.54 bits per heavy atom. The molecule has 2 saturated heterocycles. The van der Waals surface area contributed by atoms with Gasteiger partial charge in [0.2, 0.25) is 0 Å². The van der Waals surface area contributed by atoms with Crippen LogP contribution < -0.4 is 5.32 Å². The maximum absolute atomic E-state index is 12.3. The number of likely N-dealkylation sites (tertiary alicyclic amines) is 1. The summed E-state index contributed by atoms with van der Waals surface area (Å²) in [6.45, 7) is 7.44. The molecule has 0 aliphatic carbocycles. The smallest absolute Gasteiger partial charge is 0.410 e. The van der Waals surface area contributed by atoms with Crippen molar-refractivity contribution in [2.45, 2.75) is 63.9 Å². The van der Waals surface area contributed by atoms with Crippen molar-refractivity contribution in [1.82, 2.24) is 10.2 Å². The first-order valence-electron chi connectivity index (χ1n) is 9.84. The summed E-state index contributed by atoms with van der Waals surface area (Å²) in [6, 6.07) is 9.58. The molecule has 0 unspecified atom stereocenters. The summed E-state index contributed by atoms with van der Waals surface area (Å²) in [6.07, 6.45) is 1.50. The van der Waals surface area contributed by atoms with E-state index in [0.717, 1.165) is 24.8 Å². The maximum atomic E-state index is 12.3. The highest BCUT2D eigenvalue weighted by molar-refractivity contribution is 5.68. The van der Waals surface area contributed by atoms with Crippen LogP contribution in [0.3, 0.4) is 0 Å². The Kier molecular flexibility index (Phi) is 6.13. The Balaban J connectivity index is 1.42. The third-order valence-corrected chi connectivity index (χ3v) is 5.07. The molecule has 1 spiro atoms. The molecule has 2 aliphatic heterocycles. The van der Waals surface area contributed by atoms with Gasteiger partial charge in [-0.2, -0.15) is 0 Å². The van der Waals surface area contributed by atoms with Gasteiger partial charge in [-0.15, -0.1) is 0 Å². The fourth-order valence-corrected chi connectivity index (χ4v) is 3.67. The molecule has 7 nitrogen and oxygen atoms in total. The molecule has 1 N–H and O–H groups in total. The van der Waals surface area contributed by atoms with Gasteiger partial charge in [-0.1, -0.05) is 30.3 Å². The zero-order valence-electron chi connectivity index (χ0n) is 16.9. The first-order chi connectivity index (χ1) is 13.2. The lowest BCUT2D eigenvalue weighted by atomic mass is 9.87. The van der Waals surface area contributed by atoms with Gasteiger partial charge in [0.15, 0.2) is 0 Å². The van der Waals surface area contributed by atoms with Gasteiger partial charge in [0.25, 0.3) is 0 Å². The number of nitrogens with one attached hydrogen (secondary N) is 1. The van der Waals surface area contributed by atoms with Crippen molar-refractivity contribution in [1.29, 1.82) is 0 Å². The number of nitrogens with zero attached hydrogens (tertiary/aromatic N) is 1. The molecular formula is C21H30N2O5. The highest BCUT2D eigenvalue weighted by Crippen LogP contribution is 2.36. The minimum absolute atomic E-state index is 0.0635. The number of hydrogen-bond acceptors (Lipinski definition) is 5. The van der Waals surface area contributed by atoms with Crippen LogP contribution in [0.1, 0.15) is 45.6 Å². The van der Waals surface area contributed by atoms with E-state index in [1.807, 2.05) is 51.1 Å². The zero-order valence-corrected chi connectivity index (χ0v) is 16.9. The van der Waals surface area contributed by atoms with Crippen molar-refractivity contribution in [2.24, 2.45) is 0 Å². The van der Waals surface area contributed by atoms with Crippen molar-refractivity contribution >= 4 is 12.2 Å². The number of piperidine rings is 1. The molecule has 0 aromatic heterocycles. The largest absolute Gasteiger partial charge is 0.445 e. The summed E-state index contributed by atoms with van der Waals surface area (Å²) in [5, 5.41) is 2.89. The Labute approximate surface area is 166 Å². The topological polar surface area (TPSA) is 77.1 Å². The Bertz CT molecular complexity index is 678. The second kappa shape index (κ2) is 8.39. The number of carbonyl (C=O) groups excluding carboxylic acids is 2. The number of benzene rings is 1. The molecular weight excluding hydrogens is 360 g/mol. The van der Waals surface area contributed by atoms with Gasteiger partial charge in [0, 0.05) is 13.1 Å². The molecule has 0 radical (unpaired) electrons. The van der Waals surface area contributed by atoms with Crippen LogP contribution in [0, 0.1) is 0 Å². The summed E-state index contributed by atoms with van der Waals surface area (Å²) in [5.74, 6) is 0. The van der Waals surface area contributed by atoms with Gasteiger partial charge in [-0.05, 0) is 45.6 Å². The van der Waals surface area contributed by atoms with Crippen LogP contribution in [-0.4, -0.2) is 54.0 Å². The monoisotopic (exact) mass is 390 g/mol. The summed E-state index contributed by atoms with van der Waals surface area (Å²) in [7, 11) is 0. The number of ether oxygens (including phenoxy) is 3. The number of amides is 2. The average molecular weight is 390 g/mol. The van der Waals surface area contributed by atoms with Crippen LogP contribution in [0.25, 0.3) is 0 Å². The molecule has 2 aliphatic rings. The van der Waals surface area contributed by atoms with E-state index < -0.39 is 11.7 Å². The number of carbonyl (C=O) groups is 2. The molecule has 0 bridgehead atoms. The second-order valence-corrected chi connectivity index (χ2v) is 8.57. The van der Waals surface area contributed by atoms with Crippen LogP contribution in [0.2, 0.25) is 0 Å². The fraction of sp³-hybridized carbons (Fsp3) is 0.619. The summed E-state index contributed by atoms with van der Waals surface area (Å²) < 4.78 is 16.8. The first-order valence-corrected chi connectivity index (χ1v) is 9.84. The van der Waals surface area contributed by atoms with Crippen molar-refractivity contribution < 1.29 is 23.8 Å². The van der Waals surface area contributed by atoms with E-state index in [-0.39, 0.29) is 24.3 Å².